The fourth-order valence-corrected chi connectivity index (χ4v) is 5.26. The molecule has 0 aromatic carbocycles. The van der Waals surface area contributed by atoms with Crippen molar-refractivity contribution in [3.05, 3.63) is 0 Å². The Bertz CT molecular complexity index is 284. The first-order valence-electron chi connectivity index (χ1n) is 12.2. The SMILES string of the molecule is CCCCCCCCCCCCCCCCCCCCCC(O)(P)CCBr. The number of alkyl halides is 1. The zero-order chi connectivity index (χ0) is 20.1. The van der Waals surface area contributed by atoms with Crippen molar-refractivity contribution in [3.8, 4) is 0 Å². The summed E-state index contributed by atoms with van der Waals surface area (Å²) in [4.78, 5) is 0. The number of unbranched alkanes of at least 4 members (excludes halogenated alkanes) is 18. The highest BCUT2D eigenvalue weighted by atomic mass is 79.9. The molecule has 0 aromatic rings. The van der Waals surface area contributed by atoms with E-state index in [1.165, 1.54) is 116 Å². The van der Waals surface area contributed by atoms with Gasteiger partial charge < -0.3 is 5.11 Å². The number of hydrogen-bond acceptors (Lipinski definition) is 1. The lowest BCUT2D eigenvalue weighted by atomic mass is 10.0. The molecule has 0 aliphatic carbocycles. The monoisotopic (exact) mass is 464 g/mol. The second-order valence-corrected chi connectivity index (χ2v) is 10.5. The minimum absolute atomic E-state index is 0.544. The van der Waals surface area contributed by atoms with Gasteiger partial charge >= 0.3 is 0 Å². The second kappa shape index (κ2) is 21.6. The van der Waals surface area contributed by atoms with Gasteiger partial charge in [0.25, 0.3) is 0 Å². The predicted molar refractivity (Wildman–Crippen MR) is 131 cm³/mol. The van der Waals surface area contributed by atoms with Gasteiger partial charge in [0, 0.05) is 5.33 Å². The Kier molecular flexibility index (Phi) is 22.3. The second-order valence-electron chi connectivity index (χ2n) is 8.66. The normalized spacial score (nSPS) is 13.8. The van der Waals surface area contributed by atoms with E-state index < -0.39 is 5.34 Å². The van der Waals surface area contributed by atoms with Crippen molar-refractivity contribution in [1.82, 2.24) is 0 Å². The molecule has 0 amide bonds. The van der Waals surface area contributed by atoms with Gasteiger partial charge in [-0.3, -0.25) is 0 Å². The van der Waals surface area contributed by atoms with Crippen LogP contribution in [0.3, 0.4) is 0 Å². The van der Waals surface area contributed by atoms with E-state index in [9.17, 15) is 5.11 Å². The van der Waals surface area contributed by atoms with Crippen LogP contribution in [0, 0.1) is 0 Å². The van der Waals surface area contributed by atoms with Crippen LogP contribution in [0.4, 0.5) is 0 Å². The molecule has 0 radical (unpaired) electrons. The molecule has 0 rings (SSSR count). The minimum atomic E-state index is -0.544. The van der Waals surface area contributed by atoms with Crippen molar-refractivity contribution in [2.24, 2.45) is 0 Å². The molecule has 0 spiro atoms. The molecule has 164 valence electrons. The van der Waals surface area contributed by atoms with Crippen LogP contribution in [0.15, 0.2) is 0 Å². The summed E-state index contributed by atoms with van der Waals surface area (Å²) in [5.41, 5.74) is 0. The molecule has 2 unspecified atom stereocenters. The molecular weight excluding hydrogens is 415 g/mol. The van der Waals surface area contributed by atoms with Gasteiger partial charge in [-0.2, -0.15) is 0 Å². The van der Waals surface area contributed by atoms with Crippen LogP contribution < -0.4 is 0 Å². The molecule has 2 atom stereocenters. The summed E-state index contributed by atoms with van der Waals surface area (Å²) in [6, 6.07) is 0. The van der Waals surface area contributed by atoms with Crippen molar-refractivity contribution < 1.29 is 5.11 Å². The molecule has 0 aromatic heterocycles. The van der Waals surface area contributed by atoms with E-state index in [4.69, 9.17) is 0 Å². The van der Waals surface area contributed by atoms with Gasteiger partial charge in [-0.1, -0.05) is 145 Å². The molecule has 0 saturated carbocycles. The maximum absolute atomic E-state index is 10.1. The van der Waals surface area contributed by atoms with Crippen LogP contribution in [0.1, 0.15) is 142 Å². The Labute approximate surface area is 182 Å². The number of aliphatic hydroxyl groups is 1. The first-order chi connectivity index (χ1) is 13.1. The number of halogens is 1. The van der Waals surface area contributed by atoms with Gasteiger partial charge in [0.05, 0.1) is 5.34 Å². The van der Waals surface area contributed by atoms with Crippen molar-refractivity contribution >= 4 is 25.2 Å². The van der Waals surface area contributed by atoms with E-state index in [2.05, 4.69) is 32.1 Å². The smallest absolute Gasteiger partial charge is 0.0786 e. The Morgan fingerprint density at radius 3 is 1.15 bits per heavy atom. The largest absolute Gasteiger partial charge is 0.386 e. The van der Waals surface area contributed by atoms with Crippen molar-refractivity contribution in [2.45, 2.75) is 147 Å². The van der Waals surface area contributed by atoms with Crippen molar-refractivity contribution in [1.29, 1.82) is 0 Å². The summed E-state index contributed by atoms with van der Waals surface area (Å²) < 4.78 is 0. The van der Waals surface area contributed by atoms with E-state index in [1.807, 2.05) is 0 Å². The highest BCUT2D eigenvalue weighted by molar-refractivity contribution is 9.09. The fourth-order valence-electron chi connectivity index (χ4n) is 3.80. The summed E-state index contributed by atoms with van der Waals surface area (Å²) in [5.74, 6) is 0. The minimum Gasteiger partial charge on any atom is -0.386 e. The molecule has 0 bridgehead atoms. The lowest BCUT2D eigenvalue weighted by Crippen LogP contribution is -2.19. The highest BCUT2D eigenvalue weighted by Crippen LogP contribution is 2.27. The summed E-state index contributed by atoms with van der Waals surface area (Å²) in [6.07, 6.45) is 28.6. The third-order valence-electron chi connectivity index (χ3n) is 5.74. The molecule has 1 N–H and O–H groups in total. The van der Waals surface area contributed by atoms with E-state index >= 15 is 0 Å². The van der Waals surface area contributed by atoms with Crippen LogP contribution in [0.2, 0.25) is 0 Å². The Balaban J connectivity index is 3.09. The zero-order valence-corrected chi connectivity index (χ0v) is 21.2. The lowest BCUT2D eigenvalue weighted by Gasteiger charge is -2.21. The zero-order valence-electron chi connectivity index (χ0n) is 18.5. The molecular formula is C24H50BrOP. The van der Waals surface area contributed by atoms with E-state index in [-0.39, 0.29) is 0 Å². The summed E-state index contributed by atoms with van der Waals surface area (Å²) in [5, 5.41) is 10.4. The van der Waals surface area contributed by atoms with Crippen molar-refractivity contribution in [2.75, 3.05) is 5.33 Å². The lowest BCUT2D eigenvalue weighted by molar-refractivity contribution is 0.120. The average Bonchev–Trinajstić information content (AvgIpc) is 2.63. The molecule has 0 aliphatic rings. The Hall–Kier alpha value is 0.870. The standard InChI is InChI=1S/C24H50BrOP/c1-2-3-4-5-6-7-8-9-10-11-12-13-14-15-16-17-18-19-20-21-24(26,27)22-23-25/h26H,2-23,27H2,1H3. The summed E-state index contributed by atoms with van der Waals surface area (Å²) in [6.45, 7) is 2.29. The first kappa shape index (κ1) is 27.9. The van der Waals surface area contributed by atoms with Gasteiger partial charge in [0.2, 0.25) is 0 Å². The third-order valence-corrected chi connectivity index (χ3v) is 6.71. The number of rotatable bonds is 22. The van der Waals surface area contributed by atoms with Gasteiger partial charge in [-0.15, -0.1) is 9.24 Å². The highest BCUT2D eigenvalue weighted by Gasteiger charge is 2.18. The molecule has 0 fully saturated rings. The van der Waals surface area contributed by atoms with Crippen molar-refractivity contribution in [3.63, 3.8) is 0 Å². The quantitative estimate of drug-likeness (QED) is 0.0960. The van der Waals surface area contributed by atoms with Crippen LogP contribution in [-0.4, -0.2) is 15.8 Å². The average molecular weight is 466 g/mol. The van der Waals surface area contributed by atoms with Gasteiger partial charge in [0.15, 0.2) is 0 Å². The third kappa shape index (κ3) is 23.0. The van der Waals surface area contributed by atoms with Crippen LogP contribution >= 0.6 is 25.2 Å². The first-order valence-corrected chi connectivity index (χ1v) is 13.9. The Morgan fingerprint density at radius 1 is 0.556 bits per heavy atom. The van der Waals surface area contributed by atoms with Gasteiger partial charge in [0.1, 0.15) is 0 Å². The van der Waals surface area contributed by atoms with Crippen LogP contribution in [-0.2, 0) is 0 Å². The predicted octanol–water partition coefficient (Wildman–Crippen LogP) is 9.16. The topological polar surface area (TPSA) is 20.2 Å². The number of hydrogen-bond donors (Lipinski definition) is 1. The molecule has 3 heteroatoms. The van der Waals surface area contributed by atoms with Crippen LogP contribution in [0.25, 0.3) is 0 Å². The molecule has 27 heavy (non-hydrogen) atoms. The van der Waals surface area contributed by atoms with E-state index in [0.717, 1.165) is 24.6 Å². The summed E-state index contributed by atoms with van der Waals surface area (Å²) in [7, 11) is 2.62. The van der Waals surface area contributed by atoms with Crippen LogP contribution in [0.5, 0.6) is 0 Å². The van der Waals surface area contributed by atoms with E-state index in [0.29, 0.717) is 0 Å². The molecule has 0 aliphatic heterocycles. The molecule has 1 nitrogen and oxygen atoms in total. The molecule has 0 heterocycles. The summed E-state index contributed by atoms with van der Waals surface area (Å²) >= 11 is 3.41. The maximum atomic E-state index is 10.1. The fraction of sp³-hybridized carbons (Fsp3) is 1.00. The van der Waals surface area contributed by atoms with Gasteiger partial charge in [-0.25, -0.2) is 0 Å². The maximum Gasteiger partial charge on any atom is 0.0786 e. The van der Waals surface area contributed by atoms with E-state index in [1.54, 1.807) is 0 Å². The Morgan fingerprint density at radius 2 is 0.852 bits per heavy atom. The van der Waals surface area contributed by atoms with Gasteiger partial charge in [-0.05, 0) is 12.8 Å². The molecule has 0 saturated heterocycles.